The first-order valence-electron chi connectivity index (χ1n) is 8.44. The summed E-state index contributed by atoms with van der Waals surface area (Å²) in [4.78, 5) is 10.3. The lowest BCUT2D eigenvalue weighted by molar-refractivity contribution is -0.131. The van der Waals surface area contributed by atoms with Gasteiger partial charge in [0, 0.05) is 38.3 Å². The molecule has 0 aliphatic carbocycles. The molecule has 0 radical (unpaired) electrons. The van der Waals surface area contributed by atoms with Gasteiger partial charge >= 0.3 is 5.97 Å². The van der Waals surface area contributed by atoms with Gasteiger partial charge in [-0.25, -0.2) is 4.79 Å². The summed E-state index contributed by atoms with van der Waals surface area (Å²) in [6, 6.07) is 0. The highest BCUT2D eigenvalue weighted by Gasteiger charge is 2.03. The van der Waals surface area contributed by atoms with Crippen LogP contribution in [0, 0.1) is 0 Å². The second kappa shape index (κ2) is 17.8. The molecule has 0 saturated carbocycles. The summed E-state index contributed by atoms with van der Waals surface area (Å²) < 4.78 is 10.3. The van der Waals surface area contributed by atoms with Crippen molar-refractivity contribution in [3.05, 3.63) is 12.2 Å². The molecule has 0 heterocycles. The van der Waals surface area contributed by atoms with Crippen molar-refractivity contribution in [3.63, 3.8) is 0 Å². The van der Waals surface area contributed by atoms with Crippen LogP contribution in [0.25, 0.3) is 0 Å². The number of methoxy groups -OCH3 is 2. The maximum Gasteiger partial charge on any atom is 0.327 e. The van der Waals surface area contributed by atoms with Crippen molar-refractivity contribution < 1.29 is 19.4 Å². The minimum absolute atomic E-state index is 0.0976. The molecular weight excluding hydrogens is 314 g/mol. The van der Waals surface area contributed by atoms with Gasteiger partial charge in [-0.2, -0.15) is 11.8 Å². The Morgan fingerprint density at radius 3 is 2.39 bits per heavy atom. The van der Waals surface area contributed by atoms with Gasteiger partial charge < -0.3 is 19.9 Å². The van der Waals surface area contributed by atoms with E-state index in [4.69, 9.17) is 14.6 Å². The predicted molar refractivity (Wildman–Crippen MR) is 97.1 cm³/mol. The van der Waals surface area contributed by atoms with E-state index < -0.39 is 5.97 Å². The van der Waals surface area contributed by atoms with E-state index >= 15 is 0 Å². The summed E-state index contributed by atoms with van der Waals surface area (Å²) in [5.41, 5.74) is 0. The molecule has 0 fully saturated rings. The molecule has 0 aliphatic rings. The summed E-state index contributed by atoms with van der Waals surface area (Å²) in [5.74, 6) is 1.09. The molecule has 0 aliphatic heterocycles. The number of hydrogen-bond acceptors (Lipinski definition) is 5. The van der Waals surface area contributed by atoms with Crippen LogP contribution >= 0.6 is 11.8 Å². The zero-order valence-electron chi connectivity index (χ0n) is 14.6. The molecule has 23 heavy (non-hydrogen) atoms. The Morgan fingerprint density at radius 2 is 1.74 bits per heavy atom. The number of allylic oxidation sites excluding steroid dienone is 1. The van der Waals surface area contributed by atoms with Gasteiger partial charge in [0.05, 0.1) is 0 Å². The molecule has 0 amide bonds. The summed E-state index contributed by atoms with van der Waals surface area (Å²) >= 11 is 1.84. The summed E-state index contributed by atoms with van der Waals surface area (Å²) in [5, 5.41) is 11.9. The molecule has 0 atom stereocenters. The van der Waals surface area contributed by atoms with E-state index in [1.165, 1.54) is 38.2 Å². The van der Waals surface area contributed by atoms with E-state index in [0.717, 1.165) is 37.4 Å². The summed E-state index contributed by atoms with van der Waals surface area (Å²) in [6.45, 7) is 2.11. The fourth-order valence-corrected chi connectivity index (χ4v) is 3.00. The Kier molecular flexibility index (Phi) is 17.4. The first-order chi connectivity index (χ1) is 11.2. The van der Waals surface area contributed by atoms with E-state index in [1.54, 1.807) is 20.3 Å². The first kappa shape index (κ1) is 22.4. The average Bonchev–Trinajstić information content (AvgIpc) is 2.54. The summed E-state index contributed by atoms with van der Waals surface area (Å²) in [6.07, 6.45) is 11.0. The van der Waals surface area contributed by atoms with Crippen molar-refractivity contribution in [1.29, 1.82) is 0 Å². The van der Waals surface area contributed by atoms with Crippen molar-refractivity contribution in [2.75, 3.05) is 38.8 Å². The van der Waals surface area contributed by atoms with Crippen LogP contribution in [0.5, 0.6) is 0 Å². The van der Waals surface area contributed by atoms with Gasteiger partial charge in [0.2, 0.25) is 0 Å². The maximum absolute atomic E-state index is 10.3. The number of hydrogen-bond donors (Lipinski definition) is 2. The smallest absolute Gasteiger partial charge is 0.327 e. The molecule has 0 saturated heterocycles. The van der Waals surface area contributed by atoms with Gasteiger partial charge in [-0.05, 0) is 25.8 Å². The van der Waals surface area contributed by atoms with Crippen LogP contribution < -0.4 is 5.32 Å². The van der Waals surface area contributed by atoms with Gasteiger partial charge in [0.1, 0.15) is 0 Å². The molecule has 0 aromatic carbocycles. The Labute approximate surface area is 145 Å². The van der Waals surface area contributed by atoms with E-state index in [1.807, 2.05) is 11.8 Å². The number of aliphatic carboxylic acids is 1. The van der Waals surface area contributed by atoms with Gasteiger partial charge in [-0.3, -0.25) is 0 Å². The molecule has 136 valence electrons. The van der Waals surface area contributed by atoms with Crippen LogP contribution in [0.2, 0.25) is 0 Å². The van der Waals surface area contributed by atoms with E-state index in [0.29, 0.717) is 0 Å². The minimum Gasteiger partial charge on any atom is -0.478 e. The van der Waals surface area contributed by atoms with E-state index in [2.05, 4.69) is 5.32 Å². The molecular formula is C17H33NO4S. The standard InChI is InChI=1S/C17H33NO4S/c1-21-17(22-2)15-23-14-13-18-12-10-8-6-4-3-5-7-9-11-16(19)20/h9,11,17-18H,3-8,10,12-15H2,1-2H3,(H,19,20). The monoisotopic (exact) mass is 347 g/mol. The highest BCUT2D eigenvalue weighted by atomic mass is 32.2. The molecule has 6 heteroatoms. The number of carboxylic acids is 1. The number of thioether (sulfide) groups is 1. The highest BCUT2D eigenvalue weighted by molar-refractivity contribution is 7.99. The van der Waals surface area contributed by atoms with Gasteiger partial charge in [0.25, 0.3) is 0 Å². The number of nitrogens with one attached hydrogen (secondary N) is 1. The molecule has 0 bridgehead atoms. The zero-order valence-corrected chi connectivity index (χ0v) is 15.4. The van der Waals surface area contributed by atoms with Gasteiger partial charge in [-0.1, -0.05) is 31.8 Å². The van der Waals surface area contributed by atoms with Crippen LogP contribution in [0.4, 0.5) is 0 Å². The average molecular weight is 348 g/mol. The molecule has 0 spiro atoms. The Balaban J connectivity index is 3.12. The van der Waals surface area contributed by atoms with Crippen LogP contribution in [-0.2, 0) is 14.3 Å². The van der Waals surface area contributed by atoms with Crippen molar-refractivity contribution in [1.82, 2.24) is 5.32 Å². The third-order valence-electron chi connectivity index (χ3n) is 3.44. The Bertz CT molecular complexity index is 296. The lowest BCUT2D eigenvalue weighted by Gasteiger charge is -2.12. The topological polar surface area (TPSA) is 67.8 Å². The first-order valence-corrected chi connectivity index (χ1v) is 9.59. The van der Waals surface area contributed by atoms with Crippen LogP contribution in [0.3, 0.4) is 0 Å². The molecule has 0 aromatic rings. The summed E-state index contributed by atoms with van der Waals surface area (Å²) in [7, 11) is 3.33. The predicted octanol–water partition coefficient (Wildman–Crippen LogP) is 3.30. The number of carboxylic acid groups (broad SMARTS) is 1. The third kappa shape index (κ3) is 17.6. The van der Waals surface area contributed by atoms with Crippen LogP contribution in [0.15, 0.2) is 12.2 Å². The number of rotatable bonds is 17. The zero-order chi connectivity index (χ0) is 17.2. The minimum atomic E-state index is -0.854. The van der Waals surface area contributed by atoms with Gasteiger partial charge in [-0.15, -0.1) is 0 Å². The van der Waals surface area contributed by atoms with Crippen molar-refractivity contribution in [2.24, 2.45) is 0 Å². The lowest BCUT2D eigenvalue weighted by Crippen LogP contribution is -2.20. The maximum atomic E-state index is 10.3. The normalized spacial score (nSPS) is 11.6. The SMILES string of the molecule is COC(CSCCNCCCCCCCCC=CC(=O)O)OC. The molecule has 0 unspecified atom stereocenters. The molecule has 2 N–H and O–H groups in total. The molecule has 0 rings (SSSR count). The quantitative estimate of drug-likeness (QED) is 0.239. The van der Waals surface area contributed by atoms with Crippen LogP contribution in [0.1, 0.15) is 44.9 Å². The fraction of sp³-hybridized carbons (Fsp3) is 0.824. The Hall–Kier alpha value is -0.560. The number of carbonyl (C=O) groups is 1. The largest absolute Gasteiger partial charge is 0.478 e. The lowest BCUT2D eigenvalue weighted by atomic mass is 10.1. The molecule has 0 aromatic heterocycles. The van der Waals surface area contributed by atoms with Gasteiger partial charge in [0.15, 0.2) is 6.29 Å². The van der Waals surface area contributed by atoms with Crippen molar-refractivity contribution in [2.45, 2.75) is 51.2 Å². The second-order valence-corrected chi connectivity index (χ2v) is 6.53. The highest BCUT2D eigenvalue weighted by Crippen LogP contribution is 2.07. The van der Waals surface area contributed by atoms with Crippen LogP contribution in [-0.4, -0.2) is 56.2 Å². The number of unbranched alkanes of at least 4 members (excludes halogenated alkanes) is 6. The Morgan fingerprint density at radius 1 is 1.09 bits per heavy atom. The fourth-order valence-electron chi connectivity index (χ4n) is 2.08. The number of ether oxygens (including phenoxy) is 2. The second-order valence-electron chi connectivity index (χ2n) is 5.38. The van der Waals surface area contributed by atoms with Crippen molar-refractivity contribution >= 4 is 17.7 Å². The molecule has 5 nitrogen and oxygen atoms in total. The van der Waals surface area contributed by atoms with Crippen molar-refractivity contribution in [3.8, 4) is 0 Å². The third-order valence-corrected chi connectivity index (χ3v) is 4.44. The van der Waals surface area contributed by atoms with E-state index in [9.17, 15) is 4.79 Å². The van der Waals surface area contributed by atoms with E-state index in [-0.39, 0.29) is 6.29 Å².